The summed E-state index contributed by atoms with van der Waals surface area (Å²) in [5.41, 5.74) is 1.17. The lowest BCUT2D eigenvalue weighted by Crippen LogP contribution is -2.07. The molecule has 0 aliphatic heterocycles. The number of rotatable bonds is 2. The fourth-order valence-electron chi connectivity index (χ4n) is 0.888. The standard InChI is InChI=1S/C9H12N2O/c1-3-8-4-5-9(10-6-8)11-7(2)12/h4-6H,3H2,1-2H3,(H,10,11,12). The summed E-state index contributed by atoms with van der Waals surface area (Å²) in [5, 5.41) is 2.61. The smallest absolute Gasteiger partial charge is 0.222 e. The highest BCUT2D eigenvalue weighted by atomic mass is 16.1. The van der Waals surface area contributed by atoms with E-state index < -0.39 is 0 Å². The molecule has 1 aromatic heterocycles. The highest BCUT2D eigenvalue weighted by Crippen LogP contribution is 2.04. The third kappa shape index (κ3) is 2.34. The first-order chi connectivity index (χ1) is 5.72. The fraction of sp³-hybridized carbons (Fsp3) is 0.333. The molecule has 1 aromatic rings. The van der Waals surface area contributed by atoms with Crippen LogP contribution in [0.1, 0.15) is 19.4 Å². The quantitative estimate of drug-likeness (QED) is 0.721. The molecule has 0 saturated carbocycles. The van der Waals surface area contributed by atoms with Crippen LogP contribution in [0, 0.1) is 0 Å². The lowest BCUT2D eigenvalue weighted by atomic mass is 10.2. The maximum atomic E-state index is 10.6. The minimum atomic E-state index is -0.0910. The summed E-state index contributed by atoms with van der Waals surface area (Å²) >= 11 is 0. The van der Waals surface area contributed by atoms with Gasteiger partial charge in [-0.15, -0.1) is 0 Å². The zero-order valence-corrected chi connectivity index (χ0v) is 7.29. The summed E-state index contributed by atoms with van der Waals surface area (Å²) in [6, 6.07) is 3.76. The molecule has 0 atom stereocenters. The van der Waals surface area contributed by atoms with Crippen LogP contribution in [-0.2, 0) is 11.2 Å². The van der Waals surface area contributed by atoms with Gasteiger partial charge in [-0.2, -0.15) is 0 Å². The molecule has 0 bridgehead atoms. The van der Waals surface area contributed by atoms with Crippen LogP contribution in [0.5, 0.6) is 0 Å². The van der Waals surface area contributed by atoms with Gasteiger partial charge in [0.05, 0.1) is 0 Å². The van der Waals surface area contributed by atoms with Crippen LogP contribution in [0.15, 0.2) is 18.3 Å². The number of hydrogen-bond donors (Lipinski definition) is 1. The van der Waals surface area contributed by atoms with Crippen molar-refractivity contribution in [2.45, 2.75) is 20.3 Å². The fourth-order valence-corrected chi connectivity index (χ4v) is 0.888. The third-order valence-corrected chi connectivity index (χ3v) is 1.54. The molecule has 3 nitrogen and oxygen atoms in total. The van der Waals surface area contributed by atoms with Crippen molar-refractivity contribution in [1.82, 2.24) is 4.98 Å². The Kier molecular flexibility index (Phi) is 2.80. The van der Waals surface area contributed by atoms with Crippen molar-refractivity contribution in [3.63, 3.8) is 0 Å². The van der Waals surface area contributed by atoms with Gasteiger partial charge in [-0.3, -0.25) is 4.79 Å². The van der Waals surface area contributed by atoms with Gasteiger partial charge in [-0.25, -0.2) is 4.98 Å². The number of anilines is 1. The molecule has 12 heavy (non-hydrogen) atoms. The highest BCUT2D eigenvalue weighted by Gasteiger charge is 1.95. The number of carbonyl (C=O) groups excluding carboxylic acids is 1. The Bertz CT molecular complexity index is 266. The third-order valence-electron chi connectivity index (χ3n) is 1.54. The van der Waals surface area contributed by atoms with Crippen molar-refractivity contribution >= 4 is 11.7 Å². The topological polar surface area (TPSA) is 42.0 Å². The summed E-state index contributed by atoms with van der Waals surface area (Å²) in [4.78, 5) is 14.7. The van der Waals surface area contributed by atoms with Gasteiger partial charge in [0.1, 0.15) is 5.82 Å². The minimum Gasteiger partial charge on any atom is -0.311 e. The molecular formula is C9H12N2O. The van der Waals surface area contributed by atoms with Crippen LogP contribution >= 0.6 is 0 Å². The predicted octanol–water partition coefficient (Wildman–Crippen LogP) is 1.60. The summed E-state index contributed by atoms with van der Waals surface area (Å²) in [5.74, 6) is 0.520. The molecule has 1 rings (SSSR count). The molecular weight excluding hydrogens is 152 g/mol. The molecule has 0 aromatic carbocycles. The van der Waals surface area contributed by atoms with E-state index in [-0.39, 0.29) is 5.91 Å². The van der Waals surface area contributed by atoms with Crippen LogP contribution in [0.3, 0.4) is 0 Å². The number of pyridine rings is 1. The molecule has 3 heteroatoms. The number of aromatic nitrogens is 1. The molecule has 1 heterocycles. The molecule has 0 radical (unpaired) electrons. The second kappa shape index (κ2) is 3.85. The van der Waals surface area contributed by atoms with Crippen LogP contribution in [0.2, 0.25) is 0 Å². The Hall–Kier alpha value is -1.38. The first-order valence-corrected chi connectivity index (χ1v) is 3.95. The van der Waals surface area contributed by atoms with E-state index in [1.165, 1.54) is 12.5 Å². The normalized spacial score (nSPS) is 9.50. The van der Waals surface area contributed by atoms with E-state index >= 15 is 0 Å². The zero-order chi connectivity index (χ0) is 8.97. The van der Waals surface area contributed by atoms with Crippen LogP contribution in [0.4, 0.5) is 5.82 Å². The number of hydrogen-bond acceptors (Lipinski definition) is 2. The van der Waals surface area contributed by atoms with Crippen molar-refractivity contribution in [2.75, 3.05) is 5.32 Å². The minimum absolute atomic E-state index is 0.0910. The SMILES string of the molecule is CCc1ccc(NC(C)=O)nc1. The van der Waals surface area contributed by atoms with E-state index in [1.807, 2.05) is 6.07 Å². The number of aryl methyl sites for hydroxylation is 1. The van der Waals surface area contributed by atoms with Gasteiger partial charge in [0.2, 0.25) is 5.91 Å². The lowest BCUT2D eigenvalue weighted by molar-refractivity contribution is -0.114. The maximum Gasteiger partial charge on any atom is 0.222 e. The van der Waals surface area contributed by atoms with E-state index in [4.69, 9.17) is 0 Å². The summed E-state index contributed by atoms with van der Waals surface area (Å²) < 4.78 is 0. The summed E-state index contributed by atoms with van der Waals surface area (Å²) in [7, 11) is 0. The first kappa shape index (κ1) is 8.71. The van der Waals surface area contributed by atoms with Crippen molar-refractivity contribution in [1.29, 1.82) is 0 Å². The van der Waals surface area contributed by atoms with Crippen molar-refractivity contribution in [2.24, 2.45) is 0 Å². The van der Waals surface area contributed by atoms with E-state index in [0.717, 1.165) is 6.42 Å². The van der Waals surface area contributed by atoms with Crippen LogP contribution in [0.25, 0.3) is 0 Å². The number of amides is 1. The van der Waals surface area contributed by atoms with Gasteiger partial charge in [0.15, 0.2) is 0 Å². The molecule has 0 saturated heterocycles. The van der Waals surface area contributed by atoms with E-state index in [1.54, 1.807) is 12.3 Å². The molecule has 64 valence electrons. The zero-order valence-electron chi connectivity index (χ0n) is 7.29. The van der Waals surface area contributed by atoms with Gasteiger partial charge >= 0.3 is 0 Å². The Balaban J connectivity index is 2.71. The van der Waals surface area contributed by atoms with Gasteiger partial charge in [0, 0.05) is 13.1 Å². The van der Waals surface area contributed by atoms with Gasteiger partial charge in [-0.1, -0.05) is 13.0 Å². The Morgan fingerprint density at radius 3 is 2.75 bits per heavy atom. The number of nitrogens with zero attached hydrogens (tertiary/aromatic N) is 1. The van der Waals surface area contributed by atoms with Gasteiger partial charge < -0.3 is 5.32 Å². The van der Waals surface area contributed by atoms with Crippen LogP contribution in [-0.4, -0.2) is 10.9 Å². The van der Waals surface area contributed by atoms with Gasteiger partial charge in [0.25, 0.3) is 0 Å². The molecule has 0 aliphatic carbocycles. The van der Waals surface area contributed by atoms with Crippen LogP contribution < -0.4 is 5.32 Å². The second-order valence-corrected chi connectivity index (χ2v) is 2.59. The van der Waals surface area contributed by atoms with Crippen molar-refractivity contribution < 1.29 is 4.79 Å². The number of nitrogens with one attached hydrogen (secondary N) is 1. The molecule has 0 aliphatic rings. The molecule has 0 spiro atoms. The summed E-state index contributed by atoms with van der Waals surface area (Å²) in [6.45, 7) is 3.53. The first-order valence-electron chi connectivity index (χ1n) is 3.95. The predicted molar refractivity (Wildman–Crippen MR) is 47.9 cm³/mol. The largest absolute Gasteiger partial charge is 0.311 e. The Morgan fingerprint density at radius 2 is 2.33 bits per heavy atom. The van der Waals surface area contributed by atoms with E-state index in [9.17, 15) is 4.79 Å². The second-order valence-electron chi connectivity index (χ2n) is 2.59. The Morgan fingerprint density at radius 1 is 1.58 bits per heavy atom. The average Bonchev–Trinajstić information content (AvgIpc) is 2.05. The van der Waals surface area contributed by atoms with Gasteiger partial charge in [-0.05, 0) is 18.1 Å². The molecule has 1 amide bonds. The average molecular weight is 164 g/mol. The monoisotopic (exact) mass is 164 g/mol. The highest BCUT2D eigenvalue weighted by molar-refractivity contribution is 5.87. The summed E-state index contributed by atoms with van der Waals surface area (Å²) in [6.07, 6.45) is 2.73. The van der Waals surface area contributed by atoms with Crippen molar-refractivity contribution in [3.05, 3.63) is 23.9 Å². The Labute approximate surface area is 71.8 Å². The van der Waals surface area contributed by atoms with E-state index in [0.29, 0.717) is 5.82 Å². The lowest BCUT2D eigenvalue weighted by Gasteiger charge is -2.00. The molecule has 0 unspecified atom stereocenters. The van der Waals surface area contributed by atoms with E-state index in [2.05, 4.69) is 17.2 Å². The molecule has 1 N–H and O–H groups in total. The maximum absolute atomic E-state index is 10.6. The van der Waals surface area contributed by atoms with Crippen molar-refractivity contribution in [3.8, 4) is 0 Å². The number of carbonyl (C=O) groups is 1. The molecule has 0 fully saturated rings.